The Balaban J connectivity index is 1.92. The van der Waals surface area contributed by atoms with Crippen LogP contribution in [0.5, 0.6) is 0 Å². The third kappa shape index (κ3) is 2.27. The van der Waals surface area contributed by atoms with Gasteiger partial charge in [-0.15, -0.1) is 5.10 Å². The summed E-state index contributed by atoms with van der Waals surface area (Å²) in [6, 6.07) is 9.71. The van der Waals surface area contributed by atoms with E-state index < -0.39 is 6.10 Å². The van der Waals surface area contributed by atoms with Gasteiger partial charge in [-0.2, -0.15) is 0 Å². The van der Waals surface area contributed by atoms with Crippen LogP contribution in [0.3, 0.4) is 0 Å². The van der Waals surface area contributed by atoms with E-state index in [9.17, 15) is 5.11 Å². The van der Waals surface area contributed by atoms with Crippen molar-refractivity contribution in [3.63, 3.8) is 0 Å². The Kier molecular flexibility index (Phi) is 3.31. The molecule has 100 valence electrons. The van der Waals surface area contributed by atoms with Crippen molar-refractivity contribution in [2.45, 2.75) is 25.6 Å². The molecule has 1 aliphatic heterocycles. The standard InChI is InChI=1S/C14H17N3O2/c1-10-12(7-8-19-10)14(18)13-9-15-16-17(13)11-5-3-2-4-6-11/h2-6,9-10,12,14,18H,7-8H2,1H3. The third-order valence-corrected chi connectivity index (χ3v) is 3.72. The molecule has 0 radical (unpaired) electrons. The number of aromatic nitrogens is 3. The number of aliphatic hydroxyl groups excluding tert-OH is 1. The van der Waals surface area contributed by atoms with Crippen molar-refractivity contribution in [2.75, 3.05) is 6.61 Å². The molecular formula is C14H17N3O2. The quantitative estimate of drug-likeness (QED) is 0.912. The molecule has 0 amide bonds. The molecule has 1 aromatic heterocycles. The minimum atomic E-state index is -0.604. The van der Waals surface area contributed by atoms with Crippen LogP contribution in [0.1, 0.15) is 25.1 Å². The maximum absolute atomic E-state index is 10.5. The van der Waals surface area contributed by atoms with Gasteiger partial charge >= 0.3 is 0 Å². The molecule has 0 aliphatic carbocycles. The lowest BCUT2D eigenvalue weighted by molar-refractivity contribution is 0.0399. The zero-order valence-corrected chi connectivity index (χ0v) is 10.8. The van der Waals surface area contributed by atoms with Crippen LogP contribution in [0.25, 0.3) is 5.69 Å². The molecule has 1 aromatic carbocycles. The Morgan fingerprint density at radius 3 is 2.84 bits per heavy atom. The van der Waals surface area contributed by atoms with E-state index >= 15 is 0 Å². The van der Waals surface area contributed by atoms with Gasteiger partial charge in [0.2, 0.25) is 0 Å². The van der Waals surface area contributed by atoms with E-state index in [2.05, 4.69) is 10.3 Å². The molecule has 0 spiro atoms. The van der Waals surface area contributed by atoms with Gasteiger partial charge in [0.1, 0.15) is 6.10 Å². The molecule has 3 unspecified atom stereocenters. The molecule has 1 aliphatic rings. The van der Waals surface area contributed by atoms with Gasteiger partial charge in [0.15, 0.2) is 0 Å². The Morgan fingerprint density at radius 2 is 2.16 bits per heavy atom. The van der Waals surface area contributed by atoms with Crippen LogP contribution in [-0.2, 0) is 4.74 Å². The van der Waals surface area contributed by atoms with E-state index in [4.69, 9.17) is 4.74 Å². The van der Waals surface area contributed by atoms with E-state index in [0.29, 0.717) is 12.3 Å². The van der Waals surface area contributed by atoms with Gasteiger partial charge in [-0.1, -0.05) is 23.4 Å². The molecule has 3 rings (SSSR count). The van der Waals surface area contributed by atoms with Crippen molar-refractivity contribution < 1.29 is 9.84 Å². The summed E-state index contributed by atoms with van der Waals surface area (Å²) in [7, 11) is 0. The first kappa shape index (κ1) is 12.3. The second kappa shape index (κ2) is 5.11. The van der Waals surface area contributed by atoms with Crippen molar-refractivity contribution in [1.29, 1.82) is 0 Å². The fraction of sp³-hybridized carbons (Fsp3) is 0.429. The summed E-state index contributed by atoms with van der Waals surface area (Å²) in [6.45, 7) is 2.70. The Labute approximate surface area is 111 Å². The normalized spacial score (nSPS) is 24.5. The minimum absolute atomic E-state index is 0.0640. The highest BCUT2D eigenvalue weighted by atomic mass is 16.5. The Bertz CT molecular complexity index is 541. The number of hydrogen-bond donors (Lipinski definition) is 1. The van der Waals surface area contributed by atoms with Crippen molar-refractivity contribution in [3.8, 4) is 5.69 Å². The van der Waals surface area contributed by atoms with Crippen LogP contribution in [0.2, 0.25) is 0 Å². The summed E-state index contributed by atoms with van der Waals surface area (Å²) < 4.78 is 7.21. The fourth-order valence-electron chi connectivity index (χ4n) is 2.60. The molecule has 0 saturated carbocycles. The van der Waals surface area contributed by atoms with E-state index in [1.54, 1.807) is 10.9 Å². The Morgan fingerprint density at radius 1 is 1.37 bits per heavy atom. The largest absolute Gasteiger partial charge is 0.386 e. The average molecular weight is 259 g/mol. The van der Waals surface area contributed by atoms with Gasteiger partial charge in [-0.3, -0.25) is 0 Å². The molecule has 19 heavy (non-hydrogen) atoms. The van der Waals surface area contributed by atoms with Crippen LogP contribution in [-0.4, -0.2) is 32.8 Å². The molecule has 5 heteroatoms. The van der Waals surface area contributed by atoms with Crippen LogP contribution in [0, 0.1) is 5.92 Å². The number of para-hydroxylation sites is 1. The molecule has 5 nitrogen and oxygen atoms in total. The summed E-state index contributed by atoms with van der Waals surface area (Å²) in [4.78, 5) is 0. The second-order valence-electron chi connectivity index (χ2n) is 4.88. The van der Waals surface area contributed by atoms with E-state index in [1.165, 1.54) is 0 Å². The molecule has 1 N–H and O–H groups in total. The number of nitrogens with zero attached hydrogens (tertiary/aromatic N) is 3. The number of rotatable bonds is 3. The van der Waals surface area contributed by atoms with Crippen molar-refractivity contribution in [1.82, 2.24) is 15.0 Å². The van der Waals surface area contributed by atoms with Crippen molar-refractivity contribution >= 4 is 0 Å². The summed E-state index contributed by atoms with van der Waals surface area (Å²) >= 11 is 0. The summed E-state index contributed by atoms with van der Waals surface area (Å²) in [6.07, 6.45) is 1.95. The highest BCUT2D eigenvalue weighted by Gasteiger charge is 2.33. The molecular weight excluding hydrogens is 242 g/mol. The Hall–Kier alpha value is -1.72. The van der Waals surface area contributed by atoms with E-state index in [0.717, 1.165) is 12.1 Å². The molecule has 1 fully saturated rings. The second-order valence-corrected chi connectivity index (χ2v) is 4.88. The summed E-state index contributed by atoms with van der Waals surface area (Å²) in [5.74, 6) is 0.0981. The lowest BCUT2D eigenvalue weighted by atomic mass is 9.94. The fourth-order valence-corrected chi connectivity index (χ4v) is 2.60. The van der Waals surface area contributed by atoms with Crippen LogP contribution in [0.15, 0.2) is 36.5 Å². The first-order valence-electron chi connectivity index (χ1n) is 6.53. The number of aliphatic hydroxyl groups is 1. The number of benzene rings is 1. The van der Waals surface area contributed by atoms with Crippen LogP contribution >= 0.6 is 0 Å². The number of ether oxygens (including phenoxy) is 1. The molecule has 2 heterocycles. The first-order valence-corrected chi connectivity index (χ1v) is 6.53. The molecule has 3 atom stereocenters. The lowest BCUT2D eigenvalue weighted by Gasteiger charge is -2.21. The topological polar surface area (TPSA) is 60.2 Å². The monoisotopic (exact) mass is 259 g/mol. The van der Waals surface area contributed by atoms with Crippen molar-refractivity contribution in [3.05, 3.63) is 42.2 Å². The molecule has 1 saturated heterocycles. The third-order valence-electron chi connectivity index (χ3n) is 3.72. The van der Waals surface area contributed by atoms with E-state index in [1.807, 2.05) is 37.3 Å². The van der Waals surface area contributed by atoms with E-state index in [-0.39, 0.29) is 12.0 Å². The SMILES string of the molecule is CC1OCCC1C(O)c1cnnn1-c1ccccc1. The number of hydrogen-bond acceptors (Lipinski definition) is 4. The van der Waals surface area contributed by atoms with Gasteiger partial charge in [0, 0.05) is 12.5 Å². The van der Waals surface area contributed by atoms with Crippen LogP contribution < -0.4 is 0 Å². The highest BCUT2D eigenvalue weighted by molar-refractivity contribution is 5.32. The van der Waals surface area contributed by atoms with Gasteiger partial charge in [-0.05, 0) is 25.5 Å². The minimum Gasteiger partial charge on any atom is -0.386 e. The van der Waals surface area contributed by atoms with Gasteiger partial charge < -0.3 is 9.84 Å². The summed E-state index contributed by atoms with van der Waals surface area (Å²) in [5, 5.41) is 18.5. The molecule has 0 bridgehead atoms. The smallest absolute Gasteiger partial charge is 0.103 e. The zero-order valence-electron chi connectivity index (χ0n) is 10.8. The van der Waals surface area contributed by atoms with Gasteiger partial charge in [-0.25, -0.2) is 4.68 Å². The zero-order chi connectivity index (χ0) is 13.2. The summed E-state index contributed by atoms with van der Waals surface area (Å²) in [5.41, 5.74) is 1.62. The van der Waals surface area contributed by atoms with Gasteiger partial charge in [0.05, 0.1) is 23.7 Å². The first-order chi connectivity index (χ1) is 9.27. The van der Waals surface area contributed by atoms with Crippen LogP contribution in [0.4, 0.5) is 0 Å². The highest BCUT2D eigenvalue weighted by Crippen LogP contribution is 2.33. The predicted molar refractivity (Wildman–Crippen MR) is 69.8 cm³/mol. The van der Waals surface area contributed by atoms with Crippen molar-refractivity contribution in [2.24, 2.45) is 5.92 Å². The molecule has 2 aromatic rings. The van der Waals surface area contributed by atoms with Gasteiger partial charge in [0.25, 0.3) is 0 Å². The average Bonchev–Trinajstić information content (AvgIpc) is 3.07. The predicted octanol–water partition coefficient (Wildman–Crippen LogP) is 1.73. The maximum Gasteiger partial charge on any atom is 0.103 e. The lowest BCUT2D eigenvalue weighted by Crippen LogP contribution is -2.22. The maximum atomic E-state index is 10.5.